The first-order chi connectivity index (χ1) is 8.33. The zero-order valence-electron chi connectivity index (χ0n) is 12.3. The normalized spacial score (nSPS) is 9.52. The fourth-order valence-electron chi connectivity index (χ4n) is 0.700. The molecule has 0 aromatic heterocycles. The Morgan fingerprint density at radius 2 is 1.10 bits per heavy atom. The monoisotopic (exact) mass is 376 g/mol. The Balaban J connectivity index is -0.0000000711. The van der Waals surface area contributed by atoms with E-state index in [4.69, 9.17) is 0 Å². The van der Waals surface area contributed by atoms with Gasteiger partial charge in [-0.2, -0.15) is 0 Å². The predicted octanol–water partition coefficient (Wildman–Crippen LogP) is -6.37. The standard InChI is InChI=1S/2C6H10O3.2ClH.Ti/c2*1-3-9-6(8)4-5(2)7;;;/h2*4,7H,3H2,1-2H3;2*1H;/q;;;;+2/p-4. The summed E-state index contributed by atoms with van der Waals surface area (Å²) >= 11 is 0. The number of hydrogen-bond acceptors (Lipinski definition) is 6. The van der Waals surface area contributed by atoms with Crippen molar-refractivity contribution in [2.24, 2.45) is 0 Å². The van der Waals surface area contributed by atoms with Crippen LogP contribution in [0, 0.1) is 0 Å². The van der Waals surface area contributed by atoms with E-state index < -0.39 is 11.9 Å². The van der Waals surface area contributed by atoms with Crippen LogP contribution in [0.3, 0.4) is 0 Å². The third kappa shape index (κ3) is 32.7. The van der Waals surface area contributed by atoms with Crippen molar-refractivity contribution in [1.82, 2.24) is 0 Å². The van der Waals surface area contributed by atoms with Crippen LogP contribution < -0.4 is 35.0 Å². The van der Waals surface area contributed by atoms with Crippen molar-refractivity contribution in [1.29, 1.82) is 0 Å². The summed E-state index contributed by atoms with van der Waals surface area (Å²) in [5, 5.41) is 20.3. The molecular formula is C12H18Cl2O6Ti-2. The number of carbonyl (C=O) groups excluding carboxylic acids is 2. The maximum absolute atomic E-state index is 10.4. The molecule has 0 saturated carbocycles. The second-order valence-electron chi connectivity index (χ2n) is 3.01. The number of rotatable bonds is 4. The first-order valence-electron chi connectivity index (χ1n) is 5.37. The van der Waals surface area contributed by atoms with Gasteiger partial charge < -0.3 is 44.5 Å². The number of hydrogen-bond donors (Lipinski definition) is 0. The SMILES string of the molecule is CCOC(=O)C=C(C)[O-].CCOC(=O)C=C(C)[O-].[Cl-].[Cl-].[Ti+2]. The van der Waals surface area contributed by atoms with Gasteiger partial charge in [-0.05, 0) is 13.8 Å². The van der Waals surface area contributed by atoms with E-state index in [2.05, 4.69) is 9.47 Å². The minimum Gasteiger partial charge on any atom is -1.00 e. The van der Waals surface area contributed by atoms with Gasteiger partial charge in [-0.3, -0.25) is 0 Å². The Hall–Kier alpha value is -0.686. The number of carbonyl (C=O) groups is 2. The maximum Gasteiger partial charge on any atom is 2.00 e. The van der Waals surface area contributed by atoms with Crippen molar-refractivity contribution in [3.05, 3.63) is 23.7 Å². The Morgan fingerprint density at radius 3 is 1.24 bits per heavy atom. The molecule has 0 unspecified atom stereocenters. The zero-order chi connectivity index (χ0) is 14.6. The van der Waals surface area contributed by atoms with Gasteiger partial charge in [0, 0.05) is 12.2 Å². The van der Waals surface area contributed by atoms with Crippen LogP contribution in [0.2, 0.25) is 0 Å². The molecule has 0 saturated heterocycles. The molecule has 6 nitrogen and oxygen atoms in total. The second kappa shape index (κ2) is 21.6. The van der Waals surface area contributed by atoms with Crippen LogP contribution in [-0.2, 0) is 40.8 Å². The van der Waals surface area contributed by atoms with E-state index in [9.17, 15) is 19.8 Å². The smallest absolute Gasteiger partial charge is 1.00 e. The van der Waals surface area contributed by atoms with Crippen LogP contribution in [0.15, 0.2) is 23.7 Å². The summed E-state index contributed by atoms with van der Waals surface area (Å²) in [5.74, 6) is -1.70. The zero-order valence-corrected chi connectivity index (χ0v) is 15.3. The molecule has 0 rings (SSSR count). The minimum absolute atomic E-state index is 0. The molecule has 21 heavy (non-hydrogen) atoms. The molecule has 0 aliphatic heterocycles. The first-order valence-corrected chi connectivity index (χ1v) is 5.37. The summed E-state index contributed by atoms with van der Waals surface area (Å²) in [6, 6.07) is 0. The molecule has 0 atom stereocenters. The molecule has 0 fully saturated rings. The first kappa shape index (κ1) is 32.3. The molecule has 122 valence electrons. The average Bonchev–Trinajstić information content (AvgIpc) is 2.16. The summed E-state index contributed by atoms with van der Waals surface area (Å²) in [5.41, 5.74) is 0. The Kier molecular flexibility index (Phi) is 33.3. The van der Waals surface area contributed by atoms with Gasteiger partial charge in [0.2, 0.25) is 0 Å². The molecule has 0 heterocycles. The molecule has 0 amide bonds. The van der Waals surface area contributed by atoms with E-state index in [-0.39, 0.29) is 58.1 Å². The van der Waals surface area contributed by atoms with Gasteiger partial charge in [-0.15, -0.1) is 11.5 Å². The van der Waals surface area contributed by atoms with Gasteiger partial charge in [0.25, 0.3) is 0 Å². The predicted molar refractivity (Wildman–Crippen MR) is 60.8 cm³/mol. The summed E-state index contributed by atoms with van der Waals surface area (Å²) in [6.45, 7) is 6.59. The van der Waals surface area contributed by atoms with E-state index in [1.54, 1.807) is 13.8 Å². The van der Waals surface area contributed by atoms with Crippen LogP contribution in [0.25, 0.3) is 0 Å². The number of allylic oxidation sites excluding steroid dienone is 2. The molecule has 0 aliphatic rings. The number of halogens is 2. The average molecular weight is 377 g/mol. The Labute approximate surface area is 152 Å². The molecule has 0 aliphatic carbocycles. The largest absolute Gasteiger partial charge is 2.00 e. The molecule has 9 heteroatoms. The van der Waals surface area contributed by atoms with Crippen molar-refractivity contribution >= 4 is 11.9 Å². The second-order valence-corrected chi connectivity index (χ2v) is 3.01. The Bertz CT molecular complexity index is 292. The maximum atomic E-state index is 10.4. The van der Waals surface area contributed by atoms with Crippen LogP contribution in [-0.4, -0.2) is 25.2 Å². The number of esters is 2. The van der Waals surface area contributed by atoms with Crippen LogP contribution >= 0.6 is 0 Å². The van der Waals surface area contributed by atoms with E-state index in [0.29, 0.717) is 13.2 Å². The van der Waals surface area contributed by atoms with Crippen molar-refractivity contribution in [2.75, 3.05) is 13.2 Å². The van der Waals surface area contributed by atoms with Crippen molar-refractivity contribution < 1.29 is 75.8 Å². The van der Waals surface area contributed by atoms with E-state index >= 15 is 0 Å². The summed E-state index contributed by atoms with van der Waals surface area (Å²) in [7, 11) is 0. The van der Waals surface area contributed by atoms with E-state index in [1.165, 1.54) is 13.8 Å². The van der Waals surface area contributed by atoms with Crippen molar-refractivity contribution in [3.8, 4) is 0 Å². The molecule has 0 N–H and O–H groups in total. The minimum atomic E-state index is -0.565. The fraction of sp³-hybridized carbons (Fsp3) is 0.500. The van der Waals surface area contributed by atoms with Crippen LogP contribution in [0.5, 0.6) is 0 Å². The van der Waals surface area contributed by atoms with Gasteiger partial charge in [-0.1, -0.05) is 13.8 Å². The summed E-state index contributed by atoms with van der Waals surface area (Å²) in [4.78, 5) is 20.7. The van der Waals surface area contributed by atoms with Crippen LogP contribution in [0.1, 0.15) is 27.7 Å². The quantitative estimate of drug-likeness (QED) is 0.209. The molecule has 0 bridgehead atoms. The third-order valence-electron chi connectivity index (χ3n) is 1.22. The van der Waals surface area contributed by atoms with Gasteiger partial charge >= 0.3 is 33.7 Å². The molecule has 0 spiro atoms. The number of ether oxygens (including phenoxy) is 2. The van der Waals surface area contributed by atoms with Gasteiger partial charge in [-0.25, -0.2) is 9.59 Å². The van der Waals surface area contributed by atoms with Crippen molar-refractivity contribution in [3.63, 3.8) is 0 Å². The summed E-state index contributed by atoms with van der Waals surface area (Å²) < 4.78 is 8.87. The van der Waals surface area contributed by atoms with Crippen LogP contribution in [0.4, 0.5) is 0 Å². The third-order valence-corrected chi connectivity index (χ3v) is 1.22. The van der Waals surface area contributed by atoms with E-state index in [0.717, 1.165) is 12.2 Å². The Morgan fingerprint density at radius 1 is 0.857 bits per heavy atom. The van der Waals surface area contributed by atoms with Gasteiger partial charge in [0.15, 0.2) is 0 Å². The van der Waals surface area contributed by atoms with Gasteiger partial charge in [0.1, 0.15) is 0 Å². The molecule has 0 aromatic rings. The molecule has 0 aromatic carbocycles. The summed E-state index contributed by atoms with van der Waals surface area (Å²) in [6.07, 6.45) is 1.84. The van der Waals surface area contributed by atoms with Crippen molar-refractivity contribution in [2.45, 2.75) is 27.7 Å². The van der Waals surface area contributed by atoms with Gasteiger partial charge in [0.05, 0.1) is 13.2 Å². The van der Waals surface area contributed by atoms with E-state index in [1.807, 2.05) is 0 Å². The molecular weight excluding hydrogens is 359 g/mol. The molecule has 0 radical (unpaired) electrons. The fourth-order valence-corrected chi connectivity index (χ4v) is 0.700. The topological polar surface area (TPSA) is 98.7 Å².